The fourth-order valence-corrected chi connectivity index (χ4v) is 3.39. The monoisotopic (exact) mass is 301 g/mol. The third kappa shape index (κ3) is 3.91. The zero-order valence-electron chi connectivity index (χ0n) is 11.5. The summed E-state index contributed by atoms with van der Waals surface area (Å²) in [7, 11) is -3.93. The van der Waals surface area contributed by atoms with Crippen molar-refractivity contribution in [3.63, 3.8) is 0 Å². The largest absolute Gasteiger partial charge is 0.399 e. The van der Waals surface area contributed by atoms with Crippen LogP contribution in [0.4, 0.5) is 11.4 Å². The molecular weight excluding hydrogens is 282 g/mol. The molecule has 0 heterocycles. The molecule has 0 saturated carbocycles. The predicted molar refractivity (Wildman–Crippen MR) is 76.8 cm³/mol. The van der Waals surface area contributed by atoms with Crippen LogP contribution in [-0.2, 0) is 10.0 Å². The number of nitro groups is 1. The van der Waals surface area contributed by atoms with Crippen LogP contribution in [-0.4, -0.2) is 19.4 Å². The van der Waals surface area contributed by atoms with E-state index >= 15 is 0 Å². The number of nitro benzene ring substituents is 1. The summed E-state index contributed by atoms with van der Waals surface area (Å²) in [4.78, 5) is 9.86. The molecule has 0 saturated heterocycles. The first kappa shape index (κ1) is 16.4. The summed E-state index contributed by atoms with van der Waals surface area (Å²) in [5.41, 5.74) is 5.10. The zero-order chi connectivity index (χ0) is 15.3. The lowest BCUT2D eigenvalue weighted by molar-refractivity contribution is -0.387. The minimum absolute atomic E-state index is 0.149. The first-order chi connectivity index (χ1) is 9.31. The van der Waals surface area contributed by atoms with Gasteiger partial charge in [0.2, 0.25) is 10.0 Å². The Kier molecular flexibility index (Phi) is 5.46. The number of nitrogens with one attached hydrogen (secondary N) is 1. The van der Waals surface area contributed by atoms with Crippen molar-refractivity contribution in [2.24, 2.45) is 0 Å². The highest BCUT2D eigenvalue weighted by atomic mass is 32.2. The SMILES string of the molecule is CCCC(CC)NS(=O)(=O)c1ccc(N)cc1[N+](=O)[O-]. The van der Waals surface area contributed by atoms with Crippen LogP contribution >= 0.6 is 0 Å². The van der Waals surface area contributed by atoms with Crippen LogP contribution < -0.4 is 10.5 Å². The first-order valence-electron chi connectivity index (χ1n) is 6.38. The highest BCUT2D eigenvalue weighted by Gasteiger charge is 2.27. The van der Waals surface area contributed by atoms with Crippen LogP contribution in [0.25, 0.3) is 0 Å². The van der Waals surface area contributed by atoms with Gasteiger partial charge in [0.15, 0.2) is 4.90 Å². The van der Waals surface area contributed by atoms with E-state index in [4.69, 9.17) is 5.73 Å². The van der Waals surface area contributed by atoms with Crippen molar-refractivity contribution in [1.29, 1.82) is 0 Å². The number of hydrogen-bond acceptors (Lipinski definition) is 5. The molecular formula is C12H19N3O4S. The number of sulfonamides is 1. The molecule has 1 aromatic rings. The van der Waals surface area contributed by atoms with Gasteiger partial charge in [-0.15, -0.1) is 0 Å². The normalized spacial score (nSPS) is 13.1. The molecule has 0 bridgehead atoms. The summed E-state index contributed by atoms with van der Waals surface area (Å²) in [6, 6.07) is 3.31. The smallest absolute Gasteiger partial charge is 0.291 e. The lowest BCUT2D eigenvalue weighted by Gasteiger charge is -2.16. The van der Waals surface area contributed by atoms with Gasteiger partial charge in [0.25, 0.3) is 5.69 Å². The highest BCUT2D eigenvalue weighted by molar-refractivity contribution is 7.89. The first-order valence-corrected chi connectivity index (χ1v) is 7.86. The van der Waals surface area contributed by atoms with E-state index in [2.05, 4.69) is 4.72 Å². The third-order valence-corrected chi connectivity index (χ3v) is 4.49. The molecule has 112 valence electrons. The number of benzene rings is 1. The molecule has 8 heteroatoms. The van der Waals surface area contributed by atoms with Crippen LogP contribution in [0.5, 0.6) is 0 Å². The van der Waals surface area contributed by atoms with Crippen molar-refractivity contribution in [3.05, 3.63) is 28.3 Å². The average molecular weight is 301 g/mol. The molecule has 3 N–H and O–H groups in total. The summed E-state index contributed by atoms with van der Waals surface area (Å²) in [6.45, 7) is 3.81. The van der Waals surface area contributed by atoms with E-state index in [0.717, 1.165) is 18.6 Å². The van der Waals surface area contributed by atoms with Gasteiger partial charge in [-0.1, -0.05) is 20.3 Å². The lowest BCUT2D eigenvalue weighted by Crippen LogP contribution is -2.34. The summed E-state index contributed by atoms with van der Waals surface area (Å²) in [5.74, 6) is 0. The van der Waals surface area contributed by atoms with E-state index in [1.807, 2.05) is 13.8 Å². The highest BCUT2D eigenvalue weighted by Crippen LogP contribution is 2.26. The molecule has 7 nitrogen and oxygen atoms in total. The molecule has 1 atom stereocenters. The maximum absolute atomic E-state index is 12.3. The van der Waals surface area contributed by atoms with E-state index in [0.29, 0.717) is 12.8 Å². The lowest BCUT2D eigenvalue weighted by atomic mass is 10.1. The molecule has 0 aliphatic rings. The van der Waals surface area contributed by atoms with Gasteiger partial charge in [0.1, 0.15) is 0 Å². The molecule has 0 spiro atoms. The summed E-state index contributed by atoms with van der Waals surface area (Å²) >= 11 is 0. The molecule has 0 amide bonds. The third-order valence-electron chi connectivity index (χ3n) is 2.92. The number of nitrogens with zero attached hydrogens (tertiary/aromatic N) is 1. The standard InChI is InChI=1S/C12H19N3O4S/c1-3-5-10(4-2)14-20(18,19)12-7-6-9(13)8-11(12)15(16)17/h6-8,10,14H,3-5,13H2,1-2H3. The van der Waals surface area contributed by atoms with Gasteiger partial charge in [-0.2, -0.15) is 0 Å². The van der Waals surface area contributed by atoms with Crippen LogP contribution in [0.1, 0.15) is 33.1 Å². The summed E-state index contributed by atoms with van der Waals surface area (Å²) in [5, 5.41) is 11.0. The van der Waals surface area contributed by atoms with Gasteiger partial charge in [-0.3, -0.25) is 10.1 Å². The number of rotatable bonds is 7. The van der Waals surface area contributed by atoms with Crippen molar-refractivity contribution in [2.45, 2.75) is 44.0 Å². The van der Waals surface area contributed by atoms with Crippen LogP contribution in [0.3, 0.4) is 0 Å². The van der Waals surface area contributed by atoms with Crippen LogP contribution in [0, 0.1) is 10.1 Å². The average Bonchev–Trinajstić information content (AvgIpc) is 2.37. The second-order valence-corrected chi connectivity index (χ2v) is 6.18. The van der Waals surface area contributed by atoms with Crippen molar-refractivity contribution < 1.29 is 13.3 Å². The van der Waals surface area contributed by atoms with Crippen LogP contribution in [0.15, 0.2) is 23.1 Å². The molecule has 1 rings (SSSR count). The predicted octanol–water partition coefficient (Wildman–Crippen LogP) is 2.03. The van der Waals surface area contributed by atoms with E-state index in [1.54, 1.807) is 0 Å². The number of hydrogen-bond donors (Lipinski definition) is 2. The van der Waals surface area contributed by atoms with E-state index in [9.17, 15) is 18.5 Å². The Morgan fingerprint density at radius 2 is 2.05 bits per heavy atom. The quantitative estimate of drug-likeness (QED) is 0.454. The molecule has 0 aliphatic carbocycles. The fraction of sp³-hybridized carbons (Fsp3) is 0.500. The molecule has 20 heavy (non-hydrogen) atoms. The zero-order valence-corrected chi connectivity index (χ0v) is 12.3. The molecule has 0 fully saturated rings. The molecule has 1 unspecified atom stereocenters. The minimum atomic E-state index is -3.93. The maximum Gasteiger partial charge on any atom is 0.291 e. The van der Waals surface area contributed by atoms with Crippen molar-refractivity contribution in [2.75, 3.05) is 5.73 Å². The van der Waals surface area contributed by atoms with Gasteiger partial charge in [0, 0.05) is 17.8 Å². The van der Waals surface area contributed by atoms with Crippen LogP contribution in [0.2, 0.25) is 0 Å². The van der Waals surface area contributed by atoms with Gasteiger partial charge in [0.05, 0.1) is 4.92 Å². The minimum Gasteiger partial charge on any atom is -0.399 e. The van der Waals surface area contributed by atoms with Crippen molar-refractivity contribution >= 4 is 21.4 Å². The van der Waals surface area contributed by atoms with Gasteiger partial charge in [-0.25, -0.2) is 13.1 Å². The number of anilines is 1. The van der Waals surface area contributed by atoms with Gasteiger partial charge in [-0.05, 0) is 25.0 Å². The Labute approximate surface area is 118 Å². The summed E-state index contributed by atoms with van der Waals surface area (Å²) in [6.07, 6.45) is 2.12. The number of nitrogen functional groups attached to an aromatic ring is 1. The molecule has 0 radical (unpaired) electrons. The Bertz CT molecular complexity index is 586. The van der Waals surface area contributed by atoms with Gasteiger partial charge < -0.3 is 5.73 Å². The van der Waals surface area contributed by atoms with Crippen molar-refractivity contribution in [1.82, 2.24) is 4.72 Å². The number of nitrogens with two attached hydrogens (primary N) is 1. The van der Waals surface area contributed by atoms with E-state index < -0.39 is 20.6 Å². The second-order valence-electron chi connectivity index (χ2n) is 4.50. The molecule has 0 aromatic heterocycles. The Morgan fingerprint density at radius 3 is 2.55 bits per heavy atom. The Hall–Kier alpha value is -1.67. The van der Waals surface area contributed by atoms with E-state index in [-0.39, 0.29) is 16.6 Å². The van der Waals surface area contributed by atoms with Gasteiger partial charge >= 0.3 is 0 Å². The Morgan fingerprint density at radius 1 is 1.40 bits per heavy atom. The summed E-state index contributed by atoms with van der Waals surface area (Å²) < 4.78 is 27.0. The second kappa shape index (κ2) is 6.67. The molecule has 1 aromatic carbocycles. The topological polar surface area (TPSA) is 115 Å². The van der Waals surface area contributed by atoms with E-state index in [1.165, 1.54) is 6.07 Å². The fourth-order valence-electron chi connectivity index (χ4n) is 1.88. The molecule has 0 aliphatic heterocycles. The Balaban J connectivity index is 3.18. The van der Waals surface area contributed by atoms with Crippen molar-refractivity contribution in [3.8, 4) is 0 Å². The maximum atomic E-state index is 12.3.